The van der Waals surface area contributed by atoms with E-state index >= 15 is 0 Å². The number of hydrogen-bond donors (Lipinski definition) is 0. The monoisotopic (exact) mass is 1030 g/mol. The Bertz CT molecular complexity index is 2660. The maximum atomic E-state index is 13.5. The van der Waals surface area contributed by atoms with Crippen LogP contribution in [0.2, 0.25) is 36.3 Å². The highest BCUT2D eigenvalue weighted by Gasteiger charge is 2.39. The largest absolute Gasteiger partial charge is 0.462 e. The second-order valence-corrected chi connectivity index (χ2v) is 31.9. The van der Waals surface area contributed by atoms with Gasteiger partial charge < -0.3 is 27.5 Å². The van der Waals surface area contributed by atoms with E-state index in [-0.39, 0.29) is 75.0 Å². The number of aryl methyl sites for hydroxylation is 2. The molecule has 2 heterocycles. The van der Waals surface area contributed by atoms with Gasteiger partial charge in [0.25, 0.3) is 0 Å². The molecule has 3 aromatic carbocycles. The number of carbonyl (C=O) groups is 2. The first-order valence-electron chi connectivity index (χ1n) is 23.9. The Morgan fingerprint density at radius 1 is 0.618 bits per heavy atom. The van der Waals surface area contributed by atoms with E-state index in [0.717, 1.165) is 26.6 Å². The summed E-state index contributed by atoms with van der Waals surface area (Å²) < 4.78 is 41.7. The van der Waals surface area contributed by atoms with Crippen molar-refractivity contribution in [3.05, 3.63) is 126 Å². The average molecular weight is 1040 g/mol. The fourth-order valence-corrected chi connectivity index (χ4v) is 9.69. The number of aromatic nitrogens is 2. The summed E-state index contributed by atoms with van der Waals surface area (Å²) in [6, 6.07) is 17.8. The van der Waals surface area contributed by atoms with Crippen molar-refractivity contribution in [3.8, 4) is 0 Å². The molecule has 0 saturated carbocycles. The van der Waals surface area contributed by atoms with Crippen LogP contribution in [-0.4, -0.2) is 64.1 Å². The molecule has 0 radical (unpaired) electrons. The third-order valence-electron chi connectivity index (χ3n) is 13.8. The van der Waals surface area contributed by atoms with Gasteiger partial charge >= 0.3 is 11.9 Å². The molecule has 0 aliphatic carbocycles. The molecule has 0 N–H and O–H groups in total. The lowest BCUT2D eigenvalue weighted by Gasteiger charge is -2.38. The molecule has 14 heteroatoms. The van der Waals surface area contributed by atoms with Gasteiger partial charge in [-0.1, -0.05) is 103 Å². The number of benzene rings is 3. The van der Waals surface area contributed by atoms with Gasteiger partial charge in [0.2, 0.25) is 10.9 Å². The Labute approximate surface area is 414 Å². The fourth-order valence-electron chi connectivity index (χ4n) is 7.29. The molecule has 0 aliphatic heterocycles. The van der Waals surface area contributed by atoms with Gasteiger partial charge in [-0.2, -0.15) is 0 Å². The molecule has 0 saturated heterocycles. The Hall–Kier alpha value is -4.22. The van der Waals surface area contributed by atoms with E-state index in [2.05, 4.69) is 111 Å². The lowest BCUT2D eigenvalue weighted by molar-refractivity contribution is 0.0514. The maximum Gasteiger partial charge on any atom is 0.343 e. The Morgan fingerprint density at radius 3 is 1.40 bits per heavy atom. The van der Waals surface area contributed by atoms with Crippen LogP contribution in [0, 0.1) is 17.7 Å². The highest BCUT2D eigenvalue weighted by molar-refractivity contribution is 9.10. The molecule has 0 unspecified atom stereocenters. The number of carbonyl (C=O) groups excluding carboxylic acids is 2. The van der Waals surface area contributed by atoms with Crippen molar-refractivity contribution in [2.24, 2.45) is 11.8 Å². The first kappa shape index (κ1) is 56.4. The summed E-state index contributed by atoms with van der Waals surface area (Å²) in [5, 5.41) is 1.15. The molecule has 5 aromatic rings. The molecular weight excluding hydrogens is 960 g/mol. The summed E-state index contributed by atoms with van der Waals surface area (Å²) in [6.07, 6.45) is 4.70. The summed E-state index contributed by atoms with van der Waals surface area (Å²) in [7, 11) is -3.97. The van der Waals surface area contributed by atoms with E-state index < -0.39 is 28.6 Å². The SMILES string of the molecule is CCOC(=O)c1cn([C@H](CO[Si](C)(C)C(C)(C)C)C(C)C)c2ccc(Br)cc2c1=O.CCOC(=O)c1cn([C@H](CO[Si](C)(C)C(C)(C)C)C(C)C)c2ccc(CCc3ccc(F)cc3)cc2c1=O. The van der Waals surface area contributed by atoms with Gasteiger partial charge in [0.15, 0.2) is 16.6 Å². The van der Waals surface area contributed by atoms with Crippen LogP contribution >= 0.6 is 15.9 Å². The zero-order valence-electron chi connectivity index (χ0n) is 43.4. The third kappa shape index (κ3) is 13.8. The van der Waals surface area contributed by atoms with Gasteiger partial charge in [-0.3, -0.25) is 9.59 Å². The van der Waals surface area contributed by atoms with Crippen LogP contribution in [-0.2, 0) is 31.2 Å². The number of nitrogens with zero attached hydrogens (tertiary/aromatic N) is 2. The Balaban J connectivity index is 0.000000305. The van der Waals surface area contributed by atoms with Gasteiger partial charge in [0.05, 0.1) is 49.5 Å². The number of hydrogen-bond acceptors (Lipinski definition) is 8. The summed E-state index contributed by atoms with van der Waals surface area (Å²) in [5.74, 6) is -1.04. The Kier molecular flexibility index (Phi) is 19.2. The first-order chi connectivity index (χ1) is 31.5. The predicted octanol–water partition coefficient (Wildman–Crippen LogP) is 13.5. The zero-order valence-corrected chi connectivity index (χ0v) is 47.0. The number of rotatable bonds is 17. The number of halogens is 2. The minimum absolute atomic E-state index is 0.0309. The molecule has 0 aliphatic rings. The molecule has 2 atom stereocenters. The number of ether oxygens (including phenoxy) is 2. The van der Waals surface area contributed by atoms with Crippen LogP contribution in [0.15, 0.2) is 87.1 Å². The van der Waals surface area contributed by atoms with E-state index in [4.69, 9.17) is 18.3 Å². The Morgan fingerprint density at radius 2 is 1.00 bits per heavy atom. The first-order valence-corrected chi connectivity index (χ1v) is 30.5. The molecule has 68 heavy (non-hydrogen) atoms. The highest BCUT2D eigenvalue weighted by Crippen LogP contribution is 2.39. The van der Waals surface area contributed by atoms with E-state index in [9.17, 15) is 23.6 Å². The predicted molar refractivity (Wildman–Crippen MR) is 284 cm³/mol. The van der Waals surface area contributed by atoms with E-state index in [1.165, 1.54) is 12.1 Å². The highest BCUT2D eigenvalue weighted by atomic mass is 79.9. The average Bonchev–Trinajstić information content (AvgIpc) is 3.24. The number of esters is 2. The van der Waals surface area contributed by atoms with Crippen LogP contribution in [0.4, 0.5) is 4.39 Å². The summed E-state index contributed by atoms with van der Waals surface area (Å²) >= 11 is 3.44. The fraction of sp³-hybridized carbons (Fsp3) is 0.519. The van der Waals surface area contributed by atoms with Gasteiger partial charge in [-0.15, -0.1) is 0 Å². The summed E-state index contributed by atoms with van der Waals surface area (Å²) in [6.45, 7) is 35.6. The normalized spacial score (nSPS) is 13.4. The van der Waals surface area contributed by atoms with Crippen molar-refractivity contribution in [2.45, 2.75) is 144 Å². The minimum atomic E-state index is -2.02. The van der Waals surface area contributed by atoms with Crippen molar-refractivity contribution in [2.75, 3.05) is 26.4 Å². The minimum Gasteiger partial charge on any atom is -0.462 e. The molecule has 2 aromatic heterocycles. The molecule has 0 spiro atoms. The van der Waals surface area contributed by atoms with Gasteiger partial charge in [0, 0.05) is 27.6 Å². The van der Waals surface area contributed by atoms with Crippen LogP contribution in [0.3, 0.4) is 0 Å². The van der Waals surface area contributed by atoms with E-state index in [1.54, 1.807) is 44.4 Å². The lowest BCUT2D eigenvalue weighted by atomic mass is 9.99. The second kappa shape index (κ2) is 23.1. The van der Waals surface area contributed by atoms with Gasteiger partial charge in [0.1, 0.15) is 16.9 Å². The number of pyridine rings is 2. The summed E-state index contributed by atoms with van der Waals surface area (Å²) in [5.41, 5.74) is 3.00. The van der Waals surface area contributed by atoms with Crippen molar-refractivity contribution < 1.29 is 32.3 Å². The van der Waals surface area contributed by atoms with Crippen molar-refractivity contribution in [3.63, 3.8) is 0 Å². The van der Waals surface area contributed by atoms with Crippen LogP contribution in [0.5, 0.6) is 0 Å². The quantitative estimate of drug-likeness (QED) is 0.0668. The second-order valence-electron chi connectivity index (χ2n) is 21.4. The topological polar surface area (TPSA) is 115 Å². The van der Waals surface area contributed by atoms with Crippen LogP contribution < -0.4 is 10.9 Å². The summed E-state index contributed by atoms with van der Waals surface area (Å²) in [4.78, 5) is 51.9. The molecule has 0 amide bonds. The molecule has 0 bridgehead atoms. The van der Waals surface area contributed by atoms with E-state index in [1.807, 2.05) is 39.5 Å². The van der Waals surface area contributed by atoms with Crippen molar-refractivity contribution in [1.29, 1.82) is 0 Å². The zero-order chi connectivity index (χ0) is 51.1. The van der Waals surface area contributed by atoms with Gasteiger partial charge in [-0.25, -0.2) is 14.0 Å². The third-order valence-corrected chi connectivity index (χ3v) is 23.3. The molecule has 5 rings (SSSR count). The molecule has 0 fully saturated rings. The molecular formula is C54H76BrFN2O8Si2. The smallest absolute Gasteiger partial charge is 0.343 e. The lowest BCUT2D eigenvalue weighted by Crippen LogP contribution is -2.42. The van der Waals surface area contributed by atoms with Gasteiger partial charge in [-0.05, 0) is 128 Å². The maximum absolute atomic E-state index is 13.5. The molecule has 372 valence electrons. The van der Waals surface area contributed by atoms with Crippen LogP contribution in [0.25, 0.3) is 21.8 Å². The standard InChI is InChI=1S/C31H42FNO4Si.C23H34BrNO4Si/c1-9-36-30(35)26-19-33(28(21(2)3)20-37-38(7,8)31(4,5)6)27-17-14-23(18-25(27)29(26)34)11-10-22-12-15-24(32)16-13-22;1-9-28-22(27)18-13-25(19-11-10-16(24)12-17(19)21(18)26)20(15(2)3)14-29-30(7,8)23(4,5)6/h12-19,21,28H,9-11,20H2,1-8H3;10-13,15,20H,9,14H2,1-8H3/t28-;20-/m11/s1. The number of fused-ring (bicyclic) bond motifs is 2. The van der Waals surface area contributed by atoms with E-state index in [0.29, 0.717) is 36.8 Å². The van der Waals surface area contributed by atoms with Crippen molar-refractivity contribution >= 4 is 66.3 Å². The molecule has 10 nitrogen and oxygen atoms in total. The van der Waals surface area contributed by atoms with Crippen LogP contribution in [0.1, 0.15) is 127 Å². The van der Waals surface area contributed by atoms with Crippen molar-refractivity contribution in [1.82, 2.24) is 9.13 Å².